The van der Waals surface area contributed by atoms with Gasteiger partial charge in [0.15, 0.2) is 5.82 Å². The van der Waals surface area contributed by atoms with E-state index in [-0.39, 0.29) is 11.4 Å². The quantitative estimate of drug-likeness (QED) is 0.741. The summed E-state index contributed by atoms with van der Waals surface area (Å²) in [6.45, 7) is 6.77. The molecule has 2 N–H and O–H groups in total. The maximum Gasteiger partial charge on any atom is 0.321 e. The third-order valence-corrected chi connectivity index (χ3v) is 4.26. The molecule has 0 aliphatic carbocycles. The van der Waals surface area contributed by atoms with Gasteiger partial charge >= 0.3 is 6.03 Å². The van der Waals surface area contributed by atoms with Crippen LogP contribution in [0.5, 0.6) is 0 Å². The van der Waals surface area contributed by atoms with Gasteiger partial charge in [0.25, 0.3) is 0 Å². The van der Waals surface area contributed by atoms with Crippen LogP contribution in [0.4, 0.5) is 10.5 Å². The summed E-state index contributed by atoms with van der Waals surface area (Å²) < 4.78 is 1.84. The highest BCUT2D eigenvalue weighted by Crippen LogP contribution is 2.21. The molecule has 0 aliphatic rings. The minimum atomic E-state index is -0.187. The molecular formula is C19H25N7O. The van der Waals surface area contributed by atoms with Gasteiger partial charge in [-0.05, 0) is 30.3 Å². The fourth-order valence-electron chi connectivity index (χ4n) is 2.62. The lowest BCUT2D eigenvalue weighted by atomic mass is 9.92. The highest BCUT2D eigenvalue weighted by atomic mass is 16.2. The highest BCUT2D eigenvalue weighted by Gasteiger charge is 2.18. The highest BCUT2D eigenvalue weighted by molar-refractivity contribution is 5.89. The van der Waals surface area contributed by atoms with Crippen LogP contribution in [0.3, 0.4) is 0 Å². The molecule has 0 saturated carbocycles. The Morgan fingerprint density at radius 1 is 1.26 bits per heavy atom. The minimum absolute atomic E-state index is 0.0277. The second kappa shape index (κ2) is 7.22. The zero-order valence-electron chi connectivity index (χ0n) is 16.3. The topological polar surface area (TPSA) is 91.7 Å². The van der Waals surface area contributed by atoms with E-state index in [1.807, 2.05) is 41.9 Å². The summed E-state index contributed by atoms with van der Waals surface area (Å²) in [5.74, 6) is 0.777. The van der Waals surface area contributed by atoms with Crippen LogP contribution in [0, 0.1) is 0 Å². The van der Waals surface area contributed by atoms with Gasteiger partial charge in [-0.1, -0.05) is 20.8 Å². The van der Waals surface area contributed by atoms with Crippen LogP contribution in [-0.2, 0) is 19.0 Å². The summed E-state index contributed by atoms with van der Waals surface area (Å²) in [5, 5.41) is 18.2. The van der Waals surface area contributed by atoms with Gasteiger partial charge in [-0.3, -0.25) is 5.10 Å². The number of nitrogens with one attached hydrogen (secondary N) is 2. The lowest BCUT2D eigenvalue weighted by Gasteiger charge is -2.17. The Kier molecular flexibility index (Phi) is 4.98. The van der Waals surface area contributed by atoms with Crippen molar-refractivity contribution < 1.29 is 4.79 Å². The molecule has 0 aliphatic heterocycles. The molecule has 142 valence electrons. The number of aryl methyl sites for hydroxylation is 1. The summed E-state index contributed by atoms with van der Waals surface area (Å²) in [7, 11) is 3.64. The van der Waals surface area contributed by atoms with E-state index in [4.69, 9.17) is 0 Å². The van der Waals surface area contributed by atoms with Crippen LogP contribution in [0.15, 0.2) is 36.7 Å². The van der Waals surface area contributed by atoms with Crippen molar-refractivity contribution in [3.05, 3.63) is 48.0 Å². The first-order chi connectivity index (χ1) is 12.7. The van der Waals surface area contributed by atoms with E-state index in [1.54, 1.807) is 18.3 Å². The number of aromatic amines is 1. The molecule has 2 aromatic heterocycles. The predicted octanol–water partition coefficient (Wildman–Crippen LogP) is 3.17. The molecule has 3 aromatic rings. The van der Waals surface area contributed by atoms with Crippen molar-refractivity contribution in [3.8, 4) is 11.4 Å². The molecule has 2 heterocycles. The second-order valence-corrected chi connectivity index (χ2v) is 7.66. The number of aromatic nitrogens is 5. The Hall–Kier alpha value is -3.16. The normalized spacial score (nSPS) is 11.4. The lowest BCUT2D eigenvalue weighted by molar-refractivity contribution is 0.220. The Bertz CT molecular complexity index is 918. The molecule has 1 aromatic carbocycles. The van der Waals surface area contributed by atoms with E-state index in [1.165, 1.54) is 0 Å². The minimum Gasteiger partial charge on any atom is -0.322 e. The maximum atomic E-state index is 12.4. The Balaban J connectivity index is 1.61. The number of benzene rings is 1. The zero-order chi connectivity index (χ0) is 19.6. The number of hydrogen-bond donors (Lipinski definition) is 2. The van der Waals surface area contributed by atoms with Crippen LogP contribution in [0.2, 0.25) is 0 Å². The summed E-state index contributed by atoms with van der Waals surface area (Å²) >= 11 is 0. The average molecular weight is 367 g/mol. The maximum absolute atomic E-state index is 12.4. The lowest BCUT2D eigenvalue weighted by Crippen LogP contribution is -2.30. The standard InChI is InChI=1S/C19H25N7O/c1-19(2,3)16-10-15(22-23-16)11-25(4)18(27)21-14-8-6-13(7-9-14)17-24-20-12-26(17)5/h6-10,12H,11H2,1-5H3,(H,21,27)(H,22,23). The van der Waals surface area contributed by atoms with Gasteiger partial charge in [0.05, 0.1) is 17.9 Å². The molecule has 0 spiro atoms. The van der Waals surface area contributed by atoms with Gasteiger partial charge in [0.1, 0.15) is 6.33 Å². The van der Waals surface area contributed by atoms with Gasteiger partial charge in [0, 0.05) is 30.8 Å². The van der Waals surface area contributed by atoms with E-state index in [9.17, 15) is 4.79 Å². The third kappa shape index (κ3) is 4.33. The number of carbonyl (C=O) groups excluding carboxylic acids is 1. The molecule has 8 nitrogen and oxygen atoms in total. The van der Waals surface area contributed by atoms with Crippen molar-refractivity contribution in [3.63, 3.8) is 0 Å². The van der Waals surface area contributed by atoms with Crippen LogP contribution >= 0.6 is 0 Å². The SMILES string of the molecule is CN(Cc1cc(C(C)(C)C)n[nH]1)C(=O)Nc1ccc(-c2nncn2C)cc1. The first-order valence-corrected chi connectivity index (χ1v) is 8.75. The smallest absolute Gasteiger partial charge is 0.321 e. The molecular weight excluding hydrogens is 342 g/mol. The van der Waals surface area contributed by atoms with E-state index < -0.39 is 0 Å². The van der Waals surface area contributed by atoms with Gasteiger partial charge in [-0.25, -0.2) is 4.79 Å². The molecule has 2 amide bonds. The second-order valence-electron chi connectivity index (χ2n) is 7.66. The number of hydrogen-bond acceptors (Lipinski definition) is 4. The van der Waals surface area contributed by atoms with Gasteiger partial charge in [-0.15, -0.1) is 10.2 Å². The van der Waals surface area contributed by atoms with E-state index in [0.717, 1.165) is 28.5 Å². The first kappa shape index (κ1) is 18.6. The number of urea groups is 1. The van der Waals surface area contributed by atoms with E-state index in [2.05, 4.69) is 46.5 Å². The number of rotatable bonds is 4. The summed E-state index contributed by atoms with van der Waals surface area (Å²) in [4.78, 5) is 14.0. The van der Waals surface area contributed by atoms with Crippen molar-refractivity contribution in [1.29, 1.82) is 0 Å². The fraction of sp³-hybridized carbons (Fsp3) is 0.368. The molecule has 0 atom stereocenters. The molecule has 0 fully saturated rings. The summed E-state index contributed by atoms with van der Waals surface area (Å²) in [5.41, 5.74) is 3.51. The van der Waals surface area contributed by atoms with Crippen molar-refractivity contribution in [2.75, 3.05) is 12.4 Å². The summed E-state index contributed by atoms with van der Waals surface area (Å²) in [6.07, 6.45) is 1.65. The molecule has 27 heavy (non-hydrogen) atoms. The molecule has 3 rings (SSSR count). The van der Waals surface area contributed by atoms with Crippen LogP contribution < -0.4 is 5.32 Å². The van der Waals surface area contributed by atoms with Crippen LogP contribution in [-0.4, -0.2) is 42.9 Å². The Morgan fingerprint density at radius 2 is 1.96 bits per heavy atom. The fourth-order valence-corrected chi connectivity index (χ4v) is 2.62. The molecule has 0 unspecified atom stereocenters. The molecule has 0 saturated heterocycles. The monoisotopic (exact) mass is 367 g/mol. The number of anilines is 1. The Morgan fingerprint density at radius 3 is 2.52 bits per heavy atom. The van der Waals surface area contributed by atoms with E-state index in [0.29, 0.717) is 6.54 Å². The Labute approximate surface area is 158 Å². The van der Waals surface area contributed by atoms with Gasteiger partial charge in [-0.2, -0.15) is 5.10 Å². The third-order valence-electron chi connectivity index (χ3n) is 4.26. The van der Waals surface area contributed by atoms with Crippen molar-refractivity contribution in [2.24, 2.45) is 7.05 Å². The van der Waals surface area contributed by atoms with Crippen molar-refractivity contribution in [2.45, 2.75) is 32.7 Å². The van der Waals surface area contributed by atoms with Gasteiger partial charge in [0.2, 0.25) is 0 Å². The predicted molar refractivity (Wildman–Crippen MR) is 104 cm³/mol. The number of amides is 2. The molecule has 0 bridgehead atoms. The average Bonchev–Trinajstić information content (AvgIpc) is 3.24. The zero-order valence-corrected chi connectivity index (χ0v) is 16.3. The molecule has 0 radical (unpaired) electrons. The molecule has 8 heteroatoms. The van der Waals surface area contributed by atoms with Gasteiger partial charge < -0.3 is 14.8 Å². The van der Waals surface area contributed by atoms with E-state index >= 15 is 0 Å². The van der Waals surface area contributed by atoms with Crippen LogP contribution in [0.1, 0.15) is 32.2 Å². The first-order valence-electron chi connectivity index (χ1n) is 8.75. The van der Waals surface area contributed by atoms with Crippen LogP contribution in [0.25, 0.3) is 11.4 Å². The number of H-pyrrole nitrogens is 1. The van der Waals surface area contributed by atoms with Crippen molar-refractivity contribution in [1.82, 2.24) is 29.9 Å². The number of nitrogens with zero attached hydrogens (tertiary/aromatic N) is 5. The number of carbonyl (C=O) groups is 1. The summed E-state index contributed by atoms with van der Waals surface area (Å²) in [6, 6.07) is 9.33. The largest absolute Gasteiger partial charge is 0.322 e. The van der Waals surface area contributed by atoms with Crippen molar-refractivity contribution >= 4 is 11.7 Å².